The Morgan fingerprint density at radius 3 is 1.88 bits per heavy atom. The van der Waals surface area contributed by atoms with E-state index in [1.54, 1.807) is 0 Å². The van der Waals surface area contributed by atoms with Crippen molar-refractivity contribution in [3.05, 3.63) is 146 Å². The predicted octanol–water partition coefficient (Wildman–Crippen LogP) is 11.5. The van der Waals surface area contributed by atoms with Crippen LogP contribution in [0.5, 0.6) is 0 Å². The molecule has 0 bridgehead atoms. The van der Waals surface area contributed by atoms with Gasteiger partial charge >= 0.3 is 0 Å². The molecule has 222 valence electrons. The lowest BCUT2D eigenvalue weighted by Crippen LogP contribution is -2.06. The van der Waals surface area contributed by atoms with Gasteiger partial charge in [0, 0.05) is 47.6 Å². The molecule has 11 rings (SSSR count). The fourth-order valence-electron chi connectivity index (χ4n) is 7.78. The Hall–Kier alpha value is -6.17. The van der Waals surface area contributed by atoms with Gasteiger partial charge in [-0.3, -0.25) is 4.57 Å². The lowest BCUT2D eigenvalue weighted by Gasteiger charge is -2.15. The Bertz CT molecular complexity index is 2880. The Kier molecular flexibility index (Phi) is 5.23. The molecule has 7 aromatic carbocycles. The van der Waals surface area contributed by atoms with Gasteiger partial charge in [0.15, 0.2) is 11.6 Å². The molecule has 0 radical (unpaired) electrons. The fourth-order valence-corrected chi connectivity index (χ4v) is 8.93. The number of nitrogens with zero attached hydrogens (tertiary/aromatic N) is 4. The summed E-state index contributed by atoms with van der Waals surface area (Å²) in [5.74, 6) is 1.91. The van der Waals surface area contributed by atoms with Gasteiger partial charge in [0.05, 0.1) is 11.0 Å². The van der Waals surface area contributed by atoms with E-state index in [-0.39, 0.29) is 0 Å². The first-order chi connectivity index (χ1) is 23.8. The van der Waals surface area contributed by atoms with Crippen molar-refractivity contribution < 1.29 is 0 Å². The van der Waals surface area contributed by atoms with Gasteiger partial charge in [-0.05, 0) is 45.7 Å². The minimum absolute atomic E-state index is 0.611. The van der Waals surface area contributed by atoms with Crippen LogP contribution in [-0.4, -0.2) is 19.5 Å². The van der Waals surface area contributed by atoms with Crippen LogP contribution in [0.3, 0.4) is 0 Å². The lowest BCUT2D eigenvalue weighted by atomic mass is 9.91. The first-order valence-corrected chi connectivity index (χ1v) is 16.9. The summed E-state index contributed by atoms with van der Waals surface area (Å²) in [6.07, 6.45) is 0. The molecular weight excluding hydrogens is 605 g/mol. The minimum atomic E-state index is 0.611. The maximum absolute atomic E-state index is 5.23. The summed E-state index contributed by atoms with van der Waals surface area (Å²) in [5, 5.41) is 7.58. The van der Waals surface area contributed by atoms with Gasteiger partial charge in [-0.2, -0.15) is 9.97 Å². The molecule has 4 nitrogen and oxygen atoms in total. The summed E-state index contributed by atoms with van der Waals surface area (Å²) >= 11 is 1.85. The van der Waals surface area contributed by atoms with Gasteiger partial charge in [0.25, 0.3) is 0 Å². The molecule has 1 aliphatic carbocycles. The van der Waals surface area contributed by atoms with Crippen molar-refractivity contribution in [1.29, 1.82) is 0 Å². The Morgan fingerprint density at radius 1 is 0.438 bits per heavy atom. The summed E-state index contributed by atoms with van der Waals surface area (Å²) < 4.78 is 4.82. The van der Waals surface area contributed by atoms with Crippen LogP contribution in [0.1, 0.15) is 0 Å². The molecule has 0 aliphatic heterocycles. The fraction of sp³-hybridized carbons (Fsp3) is 0. The van der Waals surface area contributed by atoms with Gasteiger partial charge in [0.1, 0.15) is 0 Å². The van der Waals surface area contributed by atoms with E-state index < -0.39 is 0 Å². The van der Waals surface area contributed by atoms with Crippen LogP contribution in [0, 0.1) is 0 Å². The molecule has 5 heteroatoms. The molecule has 3 aromatic heterocycles. The average molecular weight is 629 g/mol. The van der Waals surface area contributed by atoms with Crippen LogP contribution in [0.15, 0.2) is 146 Å². The molecular formula is C43H24N4S. The number of rotatable bonds is 3. The van der Waals surface area contributed by atoms with Crippen LogP contribution < -0.4 is 0 Å². The lowest BCUT2D eigenvalue weighted by molar-refractivity contribution is 0.954. The molecule has 0 unspecified atom stereocenters. The van der Waals surface area contributed by atoms with Gasteiger partial charge < -0.3 is 0 Å². The Morgan fingerprint density at radius 2 is 1.10 bits per heavy atom. The molecule has 0 spiro atoms. The zero-order valence-electron chi connectivity index (χ0n) is 25.6. The smallest absolute Gasteiger partial charge is 0.238 e. The molecule has 3 heterocycles. The van der Waals surface area contributed by atoms with Crippen molar-refractivity contribution in [3.8, 4) is 51.0 Å². The van der Waals surface area contributed by atoms with Crippen molar-refractivity contribution in [2.45, 2.75) is 0 Å². The van der Waals surface area contributed by atoms with Crippen LogP contribution >= 0.6 is 11.3 Å². The monoisotopic (exact) mass is 628 g/mol. The Labute approximate surface area is 279 Å². The summed E-state index contributed by atoms with van der Waals surface area (Å²) in [6.45, 7) is 0. The third kappa shape index (κ3) is 3.51. The number of hydrogen-bond donors (Lipinski definition) is 0. The highest BCUT2D eigenvalue weighted by atomic mass is 32.1. The van der Waals surface area contributed by atoms with Crippen LogP contribution in [-0.2, 0) is 0 Å². The highest BCUT2D eigenvalue weighted by Crippen LogP contribution is 2.54. The van der Waals surface area contributed by atoms with E-state index in [0.29, 0.717) is 17.6 Å². The molecule has 0 atom stereocenters. The molecule has 0 fully saturated rings. The van der Waals surface area contributed by atoms with Crippen LogP contribution in [0.2, 0.25) is 0 Å². The maximum Gasteiger partial charge on any atom is 0.238 e. The van der Waals surface area contributed by atoms with E-state index in [1.165, 1.54) is 64.0 Å². The SMILES string of the molecule is c1ccc(-c2nc(-c3ccccc3)nc(-n3c4cc5sc6ccccc6c5c5c4c4c6c(cccc6ccc43)-c3ccccc3-5)n2)cc1. The second-order valence-corrected chi connectivity index (χ2v) is 13.5. The van der Waals surface area contributed by atoms with Crippen LogP contribution in [0.4, 0.5) is 0 Å². The third-order valence-electron chi connectivity index (χ3n) is 9.78. The quantitative estimate of drug-likeness (QED) is 0.196. The van der Waals surface area contributed by atoms with Gasteiger partial charge in [-0.15, -0.1) is 11.3 Å². The highest BCUT2D eigenvalue weighted by Gasteiger charge is 2.28. The molecule has 0 saturated heterocycles. The second kappa shape index (κ2) is 9.67. The average Bonchev–Trinajstić information content (AvgIpc) is 3.65. The van der Waals surface area contributed by atoms with E-state index in [1.807, 2.05) is 47.7 Å². The maximum atomic E-state index is 5.23. The van der Waals surface area contributed by atoms with E-state index in [2.05, 4.69) is 114 Å². The third-order valence-corrected chi connectivity index (χ3v) is 10.9. The van der Waals surface area contributed by atoms with Gasteiger partial charge in [-0.1, -0.05) is 127 Å². The number of aromatic nitrogens is 4. The van der Waals surface area contributed by atoms with Gasteiger partial charge in [0.2, 0.25) is 5.95 Å². The molecule has 0 amide bonds. The minimum Gasteiger partial charge on any atom is -0.278 e. The molecule has 0 N–H and O–H groups in total. The first-order valence-electron chi connectivity index (χ1n) is 16.1. The van der Waals surface area contributed by atoms with Gasteiger partial charge in [-0.25, -0.2) is 4.98 Å². The Balaban J connectivity index is 1.38. The van der Waals surface area contributed by atoms with Crippen LogP contribution in [0.25, 0.3) is 104 Å². The summed E-state index contributed by atoms with van der Waals surface area (Å²) in [5.41, 5.74) is 9.15. The van der Waals surface area contributed by atoms with E-state index >= 15 is 0 Å². The number of benzene rings is 7. The zero-order chi connectivity index (χ0) is 31.3. The molecule has 48 heavy (non-hydrogen) atoms. The van der Waals surface area contributed by atoms with E-state index in [4.69, 9.17) is 15.0 Å². The van der Waals surface area contributed by atoms with Crippen molar-refractivity contribution in [1.82, 2.24) is 19.5 Å². The number of hydrogen-bond acceptors (Lipinski definition) is 4. The van der Waals surface area contributed by atoms with E-state index in [9.17, 15) is 0 Å². The standard InChI is InChI=1S/C43H24N4S/c1-3-12-26(13-4-1)41-44-42(27-14-5-2-6-15-27)46-43(45-41)47-32-23-22-25-16-11-20-29-28-17-7-8-18-30(28)38-37-31-19-9-10-21-34(31)48-35(37)24-33(47)40(38)39(32)36(25)29/h1-24H. The number of fused-ring (bicyclic) bond motifs is 7. The van der Waals surface area contributed by atoms with Crippen molar-refractivity contribution in [2.24, 2.45) is 0 Å². The topological polar surface area (TPSA) is 43.6 Å². The van der Waals surface area contributed by atoms with E-state index in [0.717, 1.165) is 22.2 Å². The largest absolute Gasteiger partial charge is 0.278 e. The van der Waals surface area contributed by atoms with Crippen molar-refractivity contribution >= 4 is 64.1 Å². The summed E-state index contributed by atoms with van der Waals surface area (Å²) in [4.78, 5) is 15.5. The normalized spacial score (nSPS) is 12.2. The summed E-state index contributed by atoms with van der Waals surface area (Å²) in [6, 6.07) is 51.7. The first kappa shape index (κ1) is 26.0. The highest BCUT2D eigenvalue weighted by molar-refractivity contribution is 7.26. The molecule has 10 aromatic rings. The second-order valence-electron chi connectivity index (χ2n) is 12.4. The number of thiophene rings is 1. The van der Waals surface area contributed by atoms with Crippen molar-refractivity contribution in [3.63, 3.8) is 0 Å². The zero-order valence-corrected chi connectivity index (χ0v) is 26.4. The molecule has 1 aliphatic rings. The van der Waals surface area contributed by atoms with Crippen molar-refractivity contribution in [2.75, 3.05) is 0 Å². The summed E-state index contributed by atoms with van der Waals surface area (Å²) in [7, 11) is 0. The molecule has 0 saturated carbocycles. The predicted molar refractivity (Wildman–Crippen MR) is 200 cm³/mol.